The first-order valence-electron chi connectivity index (χ1n) is 3.91. The molecular formula is C8H10N4. The molecule has 2 heterocycles. The van der Waals surface area contributed by atoms with E-state index in [0.717, 1.165) is 24.5 Å². The van der Waals surface area contributed by atoms with E-state index in [4.69, 9.17) is 0 Å². The average Bonchev–Trinajstić information content (AvgIpc) is 2.74. The smallest absolute Gasteiger partial charge is 0.106 e. The van der Waals surface area contributed by atoms with Gasteiger partial charge >= 0.3 is 0 Å². The maximum atomic E-state index is 4.12. The van der Waals surface area contributed by atoms with E-state index in [1.54, 1.807) is 12.4 Å². The van der Waals surface area contributed by atoms with E-state index >= 15 is 0 Å². The topological polar surface area (TPSA) is 57.4 Å². The van der Waals surface area contributed by atoms with Gasteiger partial charge in [-0.05, 0) is 0 Å². The largest absolute Gasteiger partial charge is 0.349 e. The molecule has 0 aliphatic heterocycles. The zero-order valence-corrected chi connectivity index (χ0v) is 6.62. The second-order valence-electron chi connectivity index (χ2n) is 2.57. The van der Waals surface area contributed by atoms with Crippen molar-refractivity contribution in [3.05, 3.63) is 36.4 Å². The fourth-order valence-corrected chi connectivity index (χ4v) is 1.11. The molecule has 0 amide bonds. The van der Waals surface area contributed by atoms with Crippen molar-refractivity contribution in [3.8, 4) is 0 Å². The van der Waals surface area contributed by atoms with Crippen LogP contribution in [0.1, 0.15) is 11.6 Å². The monoisotopic (exact) mass is 162 g/mol. The van der Waals surface area contributed by atoms with Crippen LogP contribution in [0.4, 0.5) is 0 Å². The third kappa shape index (κ3) is 1.53. The molecule has 0 saturated carbocycles. The van der Waals surface area contributed by atoms with E-state index in [2.05, 4.69) is 19.9 Å². The lowest BCUT2D eigenvalue weighted by molar-refractivity contribution is 0.836. The number of hydrogen-bond acceptors (Lipinski definition) is 2. The van der Waals surface area contributed by atoms with Crippen molar-refractivity contribution in [2.75, 3.05) is 0 Å². The van der Waals surface area contributed by atoms with Crippen molar-refractivity contribution in [2.24, 2.45) is 0 Å². The Morgan fingerprint density at radius 2 is 1.42 bits per heavy atom. The number of rotatable bonds is 3. The highest BCUT2D eigenvalue weighted by Crippen LogP contribution is 1.97. The predicted molar refractivity (Wildman–Crippen MR) is 44.6 cm³/mol. The van der Waals surface area contributed by atoms with Crippen molar-refractivity contribution in [2.45, 2.75) is 12.8 Å². The van der Waals surface area contributed by atoms with Gasteiger partial charge in [-0.2, -0.15) is 0 Å². The Hall–Kier alpha value is -1.58. The molecule has 4 nitrogen and oxygen atoms in total. The summed E-state index contributed by atoms with van der Waals surface area (Å²) >= 11 is 0. The van der Waals surface area contributed by atoms with Gasteiger partial charge in [-0.25, -0.2) is 9.97 Å². The average molecular weight is 162 g/mol. The maximum Gasteiger partial charge on any atom is 0.106 e. The molecule has 2 aromatic rings. The Balaban J connectivity index is 1.91. The third-order valence-corrected chi connectivity index (χ3v) is 1.71. The quantitative estimate of drug-likeness (QED) is 0.705. The van der Waals surface area contributed by atoms with Crippen molar-refractivity contribution >= 4 is 0 Å². The van der Waals surface area contributed by atoms with Crippen LogP contribution >= 0.6 is 0 Å². The first kappa shape index (κ1) is 7.09. The number of imidazole rings is 2. The minimum Gasteiger partial charge on any atom is -0.349 e. The Morgan fingerprint density at radius 1 is 0.917 bits per heavy atom. The lowest BCUT2D eigenvalue weighted by atomic mass is 10.3. The van der Waals surface area contributed by atoms with Gasteiger partial charge in [0.05, 0.1) is 0 Å². The summed E-state index contributed by atoms with van der Waals surface area (Å²) in [5.41, 5.74) is 0. The van der Waals surface area contributed by atoms with Crippen LogP contribution in [0.15, 0.2) is 24.8 Å². The van der Waals surface area contributed by atoms with E-state index in [9.17, 15) is 0 Å². The molecule has 0 fully saturated rings. The zero-order valence-electron chi connectivity index (χ0n) is 6.62. The molecule has 2 aromatic heterocycles. The minimum absolute atomic E-state index is 0.903. The maximum absolute atomic E-state index is 4.12. The highest BCUT2D eigenvalue weighted by Gasteiger charge is 1.97. The summed E-state index contributed by atoms with van der Waals surface area (Å²) in [6.45, 7) is 0. The summed E-state index contributed by atoms with van der Waals surface area (Å²) in [6, 6.07) is 0. The Kier molecular flexibility index (Phi) is 1.90. The van der Waals surface area contributed by atoms with Crippen LogP contribution in [0, 0.1) is 0 Å². The molecule has 0 bridgehead atoms. The van der Waals surface area contributed by atoms with Gasteiger partial charge < -0.3 is 9.97 Å². The Morgan fingerprint density at radius 3 is 1.75 bits per heavy atom. The molecule has 0 aromatic carbocycles. The van der Waals surface area contributed by atoms with Crippen LogP contribution in [0.3, 0.4) is 0 Å². The van der Waals surface area contributed by atoms with E-state index in [-0.39, 0.29) is 0 Å². The summed E-state index contributed by atoms with van der Waals surface area (Å²) in [7, 11) is 0. The van der Waals surface area contributed by atoms with Crippen molar-refractivity contribution < 1.29 is 0 Å². The standard InChI is InChI=1S/C8H10N4/c1(7-9-3-4-10-7)2-8-11-5-6-12-8/h3-6H,1-2H2,(H,9,10)(H,11,12). The van der Waals surface area contributed by atoms with Crippen LogP contribution in [-0.2, 0) is 12.8 Å². The number of nitrogens with one attached hydrogen (secondary N) is 2. The fourth-order valence-electron chi connectivity index (χ4n) is 1.11. The van der Waals surface area contributed by atoms with E-state index in [1.165, 1.54) is 0 Å². The summed E-state index contributed by atoms with van der Waals surface area (Å²) in [6.07, 6.45) is 8.99. The second-order valence-corrected chi connectivity index (χ2v) is 2.57. The summed E-state index contributed by atoms with van der Waals surface area (Å²) < 4.78 is 0. The van der Waals surface area contributed by atoms with Crippen molar-refractivity contribution in [1.82, 2.24) is 19.9 Å². The second kappa shape index (κ2) is 3.21. The lowest BCUT2D eigenvalue weighted by Crippen LogP contribution is -1.94. The fraction of sp³-hybridized carbons (Fsp3) is 0.250. The number of nitrogens with zero attached hydrogens (tertiary/aromatic N) is 2. The van der Waals surface area contributed by atoms with E-state index < -0.39 is 0 Å². The van der Waals surface area contributed by atoms with Gasteiger partial charge in [-0.1, -0.05) is 0 Å². The Labute approximate surface area is 70.1 Å². The summed E-state index contributed by atoms with van der Waals surface area (Å²) in [4.78, 5) is 14.3. The molecule has 2 rings (SSSR count). The molecule has 0 aliphatic rings. The molecule has 4 heteroatoms. The van der Waals surface area contributed by atoms with Crippen molar-refractivity contribution in [1.29, 1.82) is 0 Å². The van der Waals surface area contributed by atoms with Crippen LogP contribution in [-0.4, -0.2) is 19.9 Å². The summed E-state index contributed by atoms with van der Waals surface area (Å²) in [5.74, 6) is 2.01. The van der Waals surface area contributed by atoms with Gasteiger partial charge in [0.2, 0.25) is 0 Å². The molecular weight excluding hydrogens is 152 g/mol. The normalized spacial score (nSPS) is 10.3. The Bertz CT molecular complexity index is 274. The van der Waals surface area contributed by atoms with Gasteiger partial charge in [-0.3, -0.25) is 0 Å². The molecule has 0 aliphatic carbocycles. The SMILES string of the molecule is c1c[nH]c(CCc2ncc[nH]2)n1. The molecule has 0 radical (unpaired) electrons. The van der Waals surface area contributed by atoms with Crippen LogP contribution in [0.2, 0.25) is 0 Å². The molecule has 12 heavy (non-hydrogen) atoms. The number of hydrogen-bond donors (Lipinski definition) is 2. The van der Waals surface area contributed by atoms with Gasteiger partial charge in [-0.15, -0.1) is 0 Å². The number of aryl methyl sites for hydroxylation is 2. The van der Waals surface area contributed by atoms with Crippen LogP contribution in [0.5, 0.6) is 0 Å². The van der Waals surface area contributed by atoms with Crippen molar-refractivity contribution in [3.63, 3.8) is 0 Å². The van der Waals surface area contributed by atoms with Gasteiger partial charge in [0.15, 0.2) is 0 Å². The van der Waals surface area contributed by atoms with Gasteiger partial charge in [0, 0.05) is 37.6 Å². The highest BCUT2D eigenvalue weighted by molar-refractivity contribution is 4.93. The zero-order chi connectivity index (χ0) is 8.23. The highest BCUT2D eigenvalue weighted by atomic mass is 14.9. The first-order valence-corrected chi connectivity index (χ1v) is 3.91. The molecule has 0 saturated heterocycles. The molecule has 62 valence electrons. The number of aromatic amines is 2. The molecule has 0 spiro atoms. The molecule has 0 atom stereocenters. The number of H-pyrrole nitrogens is 2. The first-order chi connectivity index (χ1) is 5.95. The lowest BCUT2D eigenvalue weighted by Gasteiger charge is -1.92. The number of aromatic nitrogens is 4. The molecule has 0 unspecified atom stereocenters. The predicted octanol–water partition coefficient (Wildman–Crippen LogP) is 0.918. The van der Waals surface area contributed by atoms with E-state index in [1.807, 2.05) is 12.4 Å². The summed E-state index contributed by atoms with van der Waals surface area (Å²) in [5, 5.41) is 0. The molecule has 2 N–H and O–H groups in total. The van der Waals surface area contributed by atoms with Gasteiger partial charge in [0.1, 0.15) is 11.6 Å². The van der Waals surface area contributed by atoms with Crippen LogP contribution in [0.25, 0.3) is 0 Å². The van der Waals surface area contributed by atoms with Gasteiger partial charge in [0.25, 0.3) is 0 Å². The van der Waals surface area contributed by atoms with E-state index in [0.29, 0.717) is 0 Å². The van der Waals surface area contributed by atoms with Crippen LogP contribution < -0.4 is 0 Å². The minimum atomic E-state index is 0.903. The third-order valence-electron chi connectivity index (χ3n) is 1.71.